The number of carbonyl (C=O) groups is 1. The molecule has 7 nitrogen and oxygen atoms in total. The molecule has 0 saturated heterocycles. The largest absolute Gasteiger partial charge is 0.486 e. The van der Waals surface area contributed by atoms with Crippen LogP contribution in [0.5, 0.6) is 11.5 Å². The normalized spacial score (nSPS) is 14.6. The third-order valence-corrected chi connectivity index (χ3v) is 5.39. The minimum Gasteiger partial charge on any atom is -0.486 e. The Balaban J connectivity index is 1.22. The highest BCUT2D eigenvalue weighted by Gasteiger charge is 2.22. The molecule has 3 aromatic carbocycles. The fourth-order valence-electron chi connectivity index (χ4n) is 3.84. The fraction of sp³-hybridized carbons (Fsp3) is 0.154. The van der Waals surface area contributed by atoms with E-state index in [1.807, 2.05) is 84.9 Å². The van der Waals surface area contributed by atoms with E-state index in [0.29, 0.717) is 18.8 Å². The highest BCUT2D eigenvalue weighted by Crippen LogP contribution is 2.31. The number of aromatic nitrogens is 2. The first-order valence-electron chi connectivity index (χ1n) is 10.8. The molecule has 0 bridgehead atoms. The quantitative estimate of drug-likeness (QED) is 0.458. The molecule has 4 aromatic rings. The van der Waals surface area contributed by atoms with Gasteiger partial charge >= 0.3 is 6.03 Å². The Morgan fingerprint density at radius 1 is 0.939 bits per heavy atom. The molecule has 1 aliphatic heterocycles. The number of anilines is 1. The summed E-state index contributed by atoms with van der Waals surface area (Å²) in [6.45, 7) is 0.949. The highest BCUT2D eigenvalue weighted by molar-refractivity contribution is 5.89. The molecule has 1 aliphatic rings. The molecule has 166 valence electrons. The van der Waals surface area contributed by atoms with Gasteiger partial charge in [0, 0.05) is 6.20 Å². The lowest BCUT2D eigenvalue weighted by atomic mass is 9.99. The van der Waals surface area contributed by atoms with Crippen LogP contribution in [-0.4, -0.2) is 28.5 Å². The van der Waals surface area contributed by atoms with Crippen LogP contribution in [0.3, 0.4) is 0 Å². The van der Waals surface area contributed by atoms with Crippen molar-refractivity contribution in [2.75, 3.05) is 11.9 Å². The summed E-state index contributed by atoms with van der Waals surface area (Å²) >= 11 is 0. The van der Waals surface area contributed by atoms with E-state index in [1.165, 1.54) is 0 Å². The summed E-state index contributed by atoms with van der Waals surface area (Å²) in [5.74, 6) is 1.48. The second-order valence-corrected chi connectivity index (χ2v) is 7.80. The zero-order valence-electron chi connectivity index (χ0n) is 17.9. The third-order valence-electron chi connectivity index (χ3n) is 5.39. The molecule has 33 heavy (non-hydrogen) atoms. The van der Waals surface area contributed by atoms with Crippen molar-refractivity contribution in [1.82, 2.24) is 15.1 Å². The zero-order chi connectivity index (χ0) is 22.5. The molecule has 0 fully saturated rings. The number of hydrogen-bond acceptors (Lipinski definition) is 4. The second-order valence-electron chi connectivity index (χ2n) is 7.80. The maximum Gasteiger partial charge on any atom is 0.320 e. The minimum absolute atomic E-state index is 0.165. The number of urea groups is 1. The number of benzene rings is 3. The average molecular weight is 441 g/mol. The summed E-state index contributed by atoms with van der Waals surface area (Å²) in [7, 11) is 0. The Labute approximate surface area is 192 Å². The summed E-state index contributed by atoms with van der Waals surface area (Å²) < 4.78 is 13.5. The van der Waals surface area contributed by atoms with Crippen LogP contribution in [-0.2, 0) is 6.54 Å². The van der Waals surface area contributed by atoms with E-state index in [2.05, 4.69) is 15.7 Å². The number of nitrogens with zero attached hydrogens (tertiary/aromatic N) is 2. The van der Waals surface area contributed by atoms with Crippen molar-refractivity contribution in [1.29, 1.82) is 0 Å². The highest BCUT2D eigenvalue weighted by atomic mass is 16.6. The molecule has 0 spiro atoms. The number of fused-ring (bicyclic) bond motifs is 1. The molecule has 2 heterocycles. The first-order chi connectivity index (χ1) is 16.2. The summed E-state index contributed by atoms with van der Waals surface area (Å²) in [6, 6.07) is 26.8. The van der Waals surface area contributed by atoms with Gasteiger partial charge in [0.05, 0.1) is 24.5 Å². The monoisotopic (exact) mass is 440 g/mol. The molecule has 0 radical (unpaired) electrons. The van der Waals surface area contributed by atoms with Crippen LogP contribution in [0.2, 0.25) is 0 Å². The zero-order valence-corrected chi connectivity index (χ0v) is 17.9. The number of nitrogens with one attached hydrogen (secondary N) is 2. The van der Waals surface area contributed by atoms with Crippen LogP contribution in [0.4, 0.5) is 10.5 Å². The van der Waals surface area contributed by atoms with E-state index in [4.69, 9.17) is 9.47 Å². The lowest BCUT2D eigenvalue weighted by Gasteiger charge is -2.26. The van der Waals surface area contributed by atoms with Gasteiger partial charge in [-0.1, -0.05) is 72.8 Å². The van der Waals surface area contributed by atoms with Gasteiger partial charge in [-0.15, -0.1) is 0 Å². The van der Waals surface area contributed by atoms with Gasteiger partial charge in [-0.3, -0.25) is 4.68 Å². The van der Waals surface area contributed by atoms with Crippen molar-refractivity contribution in [3.8, 4) is 11.5 Å². The predicted octanol–water partition coefficient (Wildman–Crippen LogP) is 4.63. The van der Waals surface area contributed by atoms with Crippen LogP contribution in [0, 0.1) is 0 Å². The number of para-hydroxylation sites is 2. The molecule has 0 saturated carbocycles. The van der Waals surface area contributed by atoms with Crippen LogP contribution < -0.4 is 20.1 Å². The smallest absolute Gasteiger partial charge is 0.320 e. The van der Waals surface area contributed by atoms with E-state index >= 15 is 0 Å². The Morgan fingerprint density at radius 3 is 2.27 bits per heavy atom. The number of rotatable bonds is 6. The van der Waals surface area contributed by atoms with Crippen LogP contribution in [0.25, 0.3) is 0 Å². The van der Waals surface area contributed by atoms with Gasteiger partial charge in [0.2, 0.25) is 0 Å². The third kappa shape index (κ3) is 4.98. The van der Waals surface area contributed by atoms with E-state index in [1.54, 1.807) is 17.1 Å². The summed E-state index contributed by atoms with van der Waals surface area (Å²) in [5, 5.41) is 10.3. The Kier molecular flexibility index (Phi) is 5.93. The Bertz CT molecular complexity index is 1170. The molecule has 5 rings (SSSR count). The first kappa shape index (κ1) is 20.6. The Hall–Kier alpha value is -4.26. The van der Waals surface area contributed by atoms with Crippen molar-refractivity contribution in [3.05, 3.63) is 108 Å². The minimum atomic E-state index is -0.307. The topological polar surface area (TPSA) is 77.4 Å². The van der Waals surface area contributed by atoms with Gasteiger partial charge in [0.1, 0.15) is 6.61 Å². The number of amides is 2. The molecule has 2 amide bonds. The lowest BCUT2D eigenvalue weighted by molar-refractivity contribution is 0.0759. The SMILES string of the molecule is O=C(Nc1cnn(C[C@@H]2COc3ccccc3O2)c1)NC(c1ccccc1)c1ccccc1. The van der Waals surface area contributed by atoms with Crippen molar-refractivity contribution >= 4 is 11.7 Å². The summed E-state index contributed by atoms with van der Waals surface area (Å²) in [6.07, 6.45) is 3.24. The average Bonchev–Trinajstić information content (AvgIpc) is 3.30. The molecule has 7 heteroatoms. The lowest BCUT2D eigenvalue weighted by Crippen LogP contribution is -2.33. The van der Waals surface area contributed by atoms with Gasteiger partial charge in [-0.25, -0.2) is 4.79 Å². The van der Waals surface area contributed by atoms with E-state index in [-0.39, 0.29) is 18.2 Å². The van der Waals surface area contributed by atoms with Gasteiger partial charge in [0.15, 0.2) is 17.6 Å². The molecule has 1 atom stereocenters. The molecule has 2 N–H and O–H groups in total. The molecule has 0 aliphatic carbocycles. The van der Waals surface area contributed by atoms with E-state index in [0.717, 1.165) is 22.6 Å². The maximum absolute atomic E-state index is 12.8. The van der Waals surface area contributed by atoms with Gasteiger partial charge in [-0.2, -0.15) is 5.10 Å². The molecule has 0 unspecified atom stereocenters. The van der Waals surface area contributed by atoms with Crippen molar-refractivity contribution in [3.63, 3.8) is 0 Å². The van der Waals surface area contributed by atoms with Crippen LogP contribution in [0.15, 0.2) is 97.3 Å². The van der Waals surface area contributed by atoms with Crippen molar-refractivity contribution < 1.29 is 14.3 Å². The maximum atomic E-state index is 12.8. The predicted molar refractivity (Wildman–Crippen MR) is 125 cm³/mol. The molecule has 1 aromatic heterocycles. The number of hydrogen-bond donors (Lipinski definition) is 2. The van der Waals surface area contributed by atoms with Crippen LogP contribution in [0.1, 0.15) is 17.2 Å². The van der Waals surface area contributed by atoms with E-state index in [9.17, 15) is 4.79 Å². The summed E-state index contributed by atoms with van der Waals surface area (Å²) in [4.78, 5) is 12.8. The standard InChI is InChI=1S/C26H24N4O3/c31-26(29-25(19-9-3-1-4-10-19)20-11-5-2-6-12-20)28-21-15-27-30(16-21)17-22-18-32-23-13-7-8-14-24(23)33-22/h1-16,22,25H,17-18H2,(H2,28,29,31)/t22-/m1/s1. The number of ether oxygens (including phenoxy) is 2. The van der Waals surface area contributed by atoms with Crippen LogP contribution >= 0.6 is 0 Å². The first-order valence-corrected chi connectivity index (χ1v) is 10.8. The summed E-state index contributed by atoms with van der Waals surface area (Å²) in [5.41, 5.74) is 2.61. The molecular weight excluding hydrogens is 416 g/mol. The molecular formula is C26H24N4O3. The van der Waals surface area contributed by atoms with Crippen molar-refractivity contribution in [2.24, 2.45) is 0 Å². The number of carbonyl (C=O) groups excluding carboxylic acids is 1. The van der Waals surface area contributed by atoms with Gasteiger partial charge in [0.25, 0.3) is 0 Å². The fourth-order valence-corrected chi connectivity index (χ4v) is 3.84. The van der Waals surface area contributed by atoms with Gasteiger partial charge in [-0.05, 0) is 23.3 Å². The van der Waals surface area contributed by atoms with E-state index < -0.39 is 0 Å². The second kappa shape index (κ2) is 9.48. The Morgan fingerprint density at radius 2 is 1.58 bits per heavy atom. The van der Waals surface area contributed by atoms with Crippen molar-refractivity contribution in [2.45, 2.75) is 18.7 Å². The van der Waals surface area contributed by atoms with Gasteiger partial charge < -0.3 is 20.1 Å².